The van der Waals surface area contributed by atoms with Crippen LogP contribution in [0.2, 0.25) is 0 Å². The van der Waals surface area contributed by atoms with E-state index in [0.717, 1.165) is 10.9 Å². The van der Waals surface area contributed by atoms with Crippen molar-refractivity contribution in [2.75, 3.05) is 18.6 Å². The molecule has 1 aromatic heterocycles. The average molecular weight is 358 g/mol. The van der Waals surface area contributed by atoms with Crippen LogP contribution in [0.3, 0.4) is 0 Å². The van der Waals surface area contributed by atoms with E-state index in [1.807, 2.05) is 17.8 Å². The maximum Gasteiger partial charge on any atom is 0.255 e. The number of carbonyl (C=O) groups excluding carboxylic acids is 1. The Kier molecular flexibility index (Phi) is 5.72. The SMILES string of the molecule is CNc1ncc(Br)cc1C(=O)NC1CCCCC1SC. The molecule has 20 heavy (non-hydrogen) atoms. The van der Waals surface area contributed by atoms with E-state index in [1.54, 1.807) is 13.2 Å². The lowest BCUT2D eigenvalue weighted by molar-refractivity contribution is 0.0930. The van der Waals surface area contributed by atoms with E-state index in [2.05, 4.69) is 37.8 Å². The molecule has 0 radical (unpaired) electrons. The third-order valence-electron chi connectivity index (χ3n) is 3.66. The number of aromatic nitrogens is 1. The number of pyridine rings is 1. The molecule has 1 aliphatic rings. The molecule has 4 nitrogen and oxygen atoms in total. The second kappa shape index (κ2) is 7.31. The zero-order chi connectivity index (χ0) is 14.5. The second-order valence-corrected chi connectivity index (χ2v) is 6.93. The molecule has 0 spiro atoms. The van der Waals surface area contributed by atoms with Gasteiger partial charge in [0.15, 0.2) is 0 Å². The third kappa shape index (κ3) is 3.67. The van der Waals surface area contributed by atoms with Gasteiger partial charge in [0, 0.05) is 29.0 Å². The van der Waals surface area contributed by atoms with Gasteiger partial charge in [0.2, 0.25) is 0 Å². The minimum absolute atomic E-state index is 0.0471. The van der Waals surface area contributed by atoms with Crippen LogP contribution in [0, 0.1) is 0 Å². The lowest BCUT2D eigenvalue weighted by atomic mass is 9.94. The summed E-state index contributed by atoms with van der Waals surface area (Å²) in [5, 5.41) is 6.66. The van der Waals surface area contributed by atoms with E-state index < -0.39 is 0 Å². The van der Waals surface area contributed by atoms with Crippen LogP contribution >= 0.6 is 27.7 Å². The molecule has 0 aromatic carbocycles. The van der Waals surface area contributed by atoms with Gasteiger partial charge < -0.3 is 10.6 Å². The fourth-order valence-electron chi connectivity index (χ4n) is 2.60. The van der Waals surface area contributed by atoms with Crippen molar-refractivity contribution >= 4 is 39.4 Å². The Hall–Kier alpha value is -0.750. The summed E-state index contributed by atoms with van der Waals surface area (Å²) in [4.78, 5) is 16.7. The fraction of sp³-hybridized carbons (Fsp3) is 0.571. The maximum absolute atomic E-state index is 12.5. The molecule has 1 amide bonds. The number of anilines is 1. The third-order valence-corrected chi connectivity index (χ3v) is 5.26. The topological polar surface area (TPSA) is 54.0 Å². The van der Waals surface area contributed by atoms with E-state index in [1.165, 1.54) is 19.3 Å². The van der Waals surface area contributed by atoms with Crippen LogP contribution in [0.15, 0.2) is 16.7 Å². The van der Waals surface area contributed by atoms with Crippen molar-refractivity contribution in [2.24, 2.45) is 0 Å². The summed E-state index contributed by atoms with van der Waals surface area (Å²) in [6.45, 7) is 0. The van der Waals surface area contributed by atoms with Crippen molar-refractivity contribution in [1.82, 2.24) is 10.3 Å². The Morgan fingerprint density at radius 2 is 2.20 bits per heavy atom. The lowest BCUT2D eigenvalue weighted by Crippen LogP contribution is -2.43. The molecule has 2 unspecified atom stereocenters. The molecule has 1 saturated carbocycles. The molecule has 1 aliphatic carbocycles. The summed E-state index contributed by atoms with van der Waals surface area (Å²) < 4.78 is 0.812. The highest BCUT2D eigenvalue weighted by atomic mass is 79.9. The van der Waals surface area contributed by atoms with Crippen molar-refractivity contribution in [2.45, 2.75) is 37.0 Å². The molecule has 6 heteroatoms. The second-order valence-electron chi connectivity index (χ2n) is 4.94. The van der Waals surface area contributed by atoms with E-state index in [9.17, 15) is 4.79 Å². The molecule has 0 bridgehead atoms. The van der Waals surface area contributed by atoms with Gasteiger partial charge in [-0.25, -0.2) is 4.98 Å². The van der Waals surface area contributed by atoms with Gasteiger partial charge >= 0.3 is 0 Å². The number of hydrogen-bond acceptors (Lipinski definition) is 4. The molecule has 2 atom stereocenters. The highest BCUT2D eigenvalue weighted by molar-refractivity contribution is 9.10. The molecule has 1 heterocycles. The summed E-state index contributed by atoms with van der Waals surface area (Å²) in [5.74, 6) is 0.566. The van der Waals surface area contributed by atoms with Crippen molar-refractivity contribution in [3.05, 3.63) is 22.3 Å². The number of rotatable bonds is 4. The zero-order valence-electron chi connectivity index (χ0n) is 11.8. The lowest BCUT2D eigenvalue weighted by Gasteiger charge is -2.31. The predicted molar refractivity (Wildman–Crippen MR) is 88.5 cm³/mol. The molecule has 0 aliphatic heterocycles. The van der Waals surface area contributed by atoms with Gasteiger partial charge in [0.1, 0.15) is 5.82 Å². The minimum Gasteiger partial charge on any atom is -0.372 e. The van der Waals surface area contributed by atoms with Crippen molar-refractivity contribution in [1.29, 1.82) is 0 Å². The summed E-state index contributed by atoms with van der Waals surface area (Å²) in [7, 11) is 1.78. The fourth-order valence-corrected chi connectivity index (χ4v) is 3.87. The first kappa shape index (κ1) is 15.6. The van der Waals surface area contributed by atoms with Gasteiger partial charge in [0.25, 0.3) is 5.91 Å². The standard InChI is InChI=1S/C14H20BrN3OS/c1-16-13-10(7-9(15)8-17-13)14(19)18-11-5-3-4-6-12(11)20-2/h7-8,11-12H,3-6H2,1-2H3,(H,16,17)(H,18,19). The highest BCUT2D eigenvalue weighted by Gasteiger charge is 2.26. The number of halogens is 1. The molecular weight excluding hydrogens is 338 g/mol. The van der Waals surface area contributed by atoms with Gasteiger partial charge in [-0.3, -0.25) is 4.79 Å². The van der Waals surface area contributed by atoms with Gasteiger partial charge in [-0.2, -0.15) is 11.8 Å². The molecule has 1 fully saturated rings. The van der Waals surface area contributed by atoms with Crippen molar-refractivity contribution in [3.63, 3.8) is 0 Å². The van der Waals surface area contributed by atoms with Crippen molar-refractivity contribution in [3.8, 4) is 0 Å². The Labute approximate surface area is 132 Å². The van der Waals surface area contributed by atoms with Gasteiger partial charge in [-0.05, 0) is 41.1 Å². The van der Waals surface area contributed by atoms with Crippen LogP contribution in [-0.4, -0.2) is 35.5 Å². The Morgan fingerprint density at radius 3 is 2.90 bits per heavy atom. The van der Waals surface area contributed by atoms with Gasteiger partial charge in [-0.1, -0.05) is 12.8 Å². The van der Waals surface area contributed by atoms with E-state index >= 15 is 0 Å². The van der Waals surface area contributed by atoms with Gasteiger partial charge in [-0.15, -0.1) is 0 Å². The van der Waals surface area contributed by atoms with E-state index in [4.69, 9.17) is 0 Å². The van der Waals surface area contributed by atoms with Crippen LogP contribution in [0.4, 0.5) is 5.82 Å². The number of carbonyl (C=O) groups is 1. The molecule has 2 rings (SSSR count). The minimum atomic E-state index is -0.0471. The van der Waals surface area contributed by atoms with Crippen molar-refractivity contribution < 1.29 is 4.79 Å². The van der Waals surface area contributed by atoms with Crippen LogP contribution in [-0.2, 0) is 0 Å². The summed E-state index contributed by atoms with van der Waals surface area (Å²) in [6, 6.07) is 2.07. The van der Waals surface area contributed by atoms with Crippen LogP contribution < -0.4 is 10.6 Å². The monoisotopic (exact) mass is 357 g/mol. The first-order chi connectivity index (χ1) is 9.65. The Bertz CT molecular complexity index is 483. The van der Waals surface area contributed by atoms with Gasteiger partial charge in [0.05, 0.1) is 5.56 Å². The molecule has 0 saturated heterocycles. The normalized spacial score (nSPS) is 22.4. The number of nitrogens with one attached hydrogen (secondary N) is 2. The number of amides is 1. The zero-order valence-corrected chi connectivity index (χ0v) is 14.2. The van der Waals surface area contributed by atoms with E-state index in [-0.39, 0.29) is 11.9 Å². The first-order valence-electron chi connectivity index (χ1n) is 6.82. The number of hydrogen-bond donors (Lipinski definition) is 2. The van der Waals surface area contributed by atoms with Crippen LogP contribution in [0.25, 0.3) is 0 Å². The maximum atomic E-state index is 12.5. The van der Waals surface area contributed by atoms with E-state index in [0.29, 0.717) is 16.6 Å². The summed E-state index contributed by atoms with van der Waals surface area (Å²) in [5.41, 5.74) is 0.590. The largest absolute Gasteiger partial charge is 0.372 e. The number of thioether (sulfide) groups is 1. The average Bonchev–Trinajstić information content (AvgIpc) is 2.47. The highest BCUT2D eigenvalue weighted by Crippen LogP contribution is 2.28. The molecular formula is C14H20BrN3OS. The molecule has 1 aromatic rings. The smallest absolute Gasteiger partial charge is 0.255 e. The number of nitrogens with zero attached hydrogens (tertiary/aromatic N) is 1. The van der Waals surface area contributed by atoms with Crippen LogP contribution in [0.1, 0.15) is 36.0 Å². The first-order valence-corrected chi connectivity index (χ1v) is 8.90. The molecule has 2 N–H and O–H groups in total. The quantitative estimate of drug-likeness (QED) is 0.867. The van der Waals surface area contributed by atoms with Crippen LogP contribution in [0.5, 0.6) is 0 Å². The Balaban J connectivity index is 2.13. The predicted octanol–water partition coefficient (Wildman–Crippen LogP) is 3.29. The summed E-state index contributed by atoms with van der Waals surface area (Å²) >= 11 is 5.22. The molecule has 110 valence electrons. The summed E-state index contributed by atoms with van der Waals surface area (Å²) in [6.07, 6.45) is 8.51. The Morgan fingerprint density at radius 1 is 1.45 bits per heavy atom.